The van der Waals surface area contributed by atoms with Gasteiger partial charge in [0.25, 0.3) is 0 Å². The maximum Gasteiger partial charge on any atom is 0.133 e. The Bertz CT molecular complexity index is 528. The third-order valence-corrected chi connectivity index (χ3v) is 3.87. The topological polar surface area (TPSA) is 25.8 Å². The quantitative estimate of drug-likeness (QED) is 0.898. The molecule has 0 amide bonds. The largest absolute Gasteiger partial charge is 0.496 e. The van der Waals surface area contributed by atoms with Crippen molar-refractivity contribution >= 4 is 15.9 Å². The third-order valence-electron chi connectivity index (χ3n) is 3.25. The lowest BCUT2D eigenvalue weighted by molar-refractivity contribution is -0.707. The normalized spacial score (nSPS) is 12.2. The summed E-state index contributed by atoms with van der Waals surface area (Å²) < 4.78 is 6.25. The van der Waals surface area contributed by atoms with Crippen LogP contribution in [0.5, 0.6) is 5.75 Å². The Balaban J connectivity index is 1.97. The van der Waals surface area contributed by atoms with E-state index in [-0.39, 0.29) is 0 Å². The smallest absolute Gasteiger partial charge is 0.133 e. The Morgan fingerprint density at radius 2 is 1.89 bits per heavy atom. The number of ether oxygens (including phenoxy) is 1. The Kier molecular flexibility index (Phi) is 5.00. The molecule has 2 aromatic carbocycles. The molecule has 0 spiro atoms. The van der Waals surface area contributed by atoms with Crippen molar-refractivity contribution < 1.29 is 10.1 Å². The highest BCUT2D eigenvalue weighted by atomic mass is 79.9. The van der Waals surface area contributed by atoms with Gasteiger partial charge in [-0.05, 0) is 41.1 Å². The molecule has 3 heteroatoms. The van der Waals surface area contributed by atoms with E-state index in [9.17, 15) is 0 Å². The molecule has 0 aromatic heterocycles. The Hall–Kier alpha value is -1.32. The highest BCUT2D eigenvalue weighted by molar-refractivity contribution is 9.10. The van der Waals surface area contributed by atoms with Gasteiger partial charge in [-0.3, -0.25) is 0 Å². The molecule has 0 saturated carbocycles. The van der Waals surface area contributed by atoms with Gasteiger partial charge in [0.2, 0.25) is 0 Å². The van der Waals surface area contributed by atoms with Gasteiger partial charge in [-0.15, -0.1) is 0 Å². The molecule has 100 valence electrons. The minimum atomic E-state index is 0.460. The molecule has 2 rings (SSSR count). The van der Waals surface area contributed by atoms with E-state index in [0.717, 1.165) is 16.8 Å². The molecule has 19 heavy (non-hydrogen) atoms. The summed E-state index contributed by atoms with van der Waals surface area (Å²) in [4.78, 5) is 0. The molecular weight excluding hydrogens is 302 g/mol. The SMILES string of the molecule is COc1ccc(C[NH2+][C@@H](C)c2ccccc2)cc1Br. The number of hydrogen-bond acceptors (Lipinski definition) is 1. The number of nitrogens with two attached hydrogens (primary N) is 1. The highest BCUT2D eigenvalue weighted by Gasteiger charge is 2.08. The van der Waals surface area contributed by atoms with Crippen LogP contribution in [0.25, 0.3) is 0 Å². The van der Waals surface area contributed by atoms with E-state index in [4.69, 9.17) is 4.74 Å². The zero-order valence-electron chi connectivity index (χ0n) is 11.3. The molecule has 2 N–H and O–H groups in total. The van der Waals surface area contributed by atoms with E-state index in [1.165, 1.54) is 11.1 Å². The van der Waals surface area contributed by atoms with E-state index < -0.39 is 0 Å². The molecule has 0 aliphatic heterocycles. The zero-order chi connectivity index (χ0) is 13.7. The lowest BCUT2D eigenvalue weighted by atomic mass is 10.1. The van der Waals surface area contributed by atoms with Crippen LogP contribution in [0.15, 0.2) is 53.0 Å². The number of benzene rings is 2. The average Bonchev–Trinajstić information content (AvgIpc) is 2.46. The van der Waals surface area contributed by atoms with Crippen molar-refractivity contribution in [2.75, 3.05) is 7.11 Å². The fourth-order valence-corrected chi connectivity index (χ4v) is 2.63. The van der Waals surface area contributed by atoms with Gasteiger partial charge in [-0.25, -0.2) is 0 Å². The fourth-order valence-electron chi connectivity index (χ4n) is 2.04. The van der Waals surface area contributed by atoms with Crippen molar-refractivity contribution in [3.63, 3.8) is 0 Å². The Labute approximate surface area is 122 Å². The summed E-state index contributed by atoms with van der Waals surface area (Å²) in [5, 5.41) is 2.34. The lowest BCUT2D eigenvalue weighted by Crippen LogP contribution is -2.83. The minimum Gasteiger partial charge on any atom is -0.496 e. The van der Waals surface area contributed by atoms with E-state index in [0.29, 0.717) is 6.04 Å². The standard InChI is InChI=1S/C16H18BrNO/c1-12(14-6-4-3-5-7-14)18-11-13-8-9-16(19-2)15(17)10-13/h3-10,12,18H,11H2,1-2H3/p+1/t12-/m0/s1. The summed E-state index contributed by atoms with van der Waals surface area (Å²) in [7, 11) is 1.68. The first-order valence-corrected chi connectivity index (χ1v) is 7.20. The second kappa shape index (κ2) is 6.73. The summed E-state index contributed by atoms with van der Waals surface area (Å²) in [6, 6.07) is 17.3. The predicted octanol–water partition coefficient (Wildman–Crippen LogP) is 3.28. The Morgan fingerprint density at radius 3 is 2.53 bits per heavy atom. The average molecular weight is 321 g/mol. The van der Waals surface area contributed by atoms with Crippen LogP contribution in [0.1, 0.15) is 24.1 Å². The maximum absolute atomic E-state index is 5.24. The number of halogens is 1. The van der Waals surface area contributed by atoms with Gasteiger partial charge in [0, 0.05) is 11.1 Å². The van der Waals surface area contributed by atoms with Gasteiger partial charge in [0.1, 0.15) is 18.3 Å². The lowest BCUT2D eigenvalue weighted by Gasteiger charge is -2.11. The summed E-state index contributed by atoms with van der Waals surface area (Å²) in [6.45, 7) is 3.19. The van der Waals surface area contributed by atoms with Crippen LogP contribution in [0.3, 0.4) is 0 Å². The molecule has 0 unspecified atom stereocenters. The van der Waals surface area contributed by atoms with Crippen LogP contribution in [0.2, 0.25) is 0 Å². The van der Waals surface area contributed by atoms with E-state index >= 15 is 0 Å². The van der Waals surface area contributed by atoms with Crippen molar-refractivity contribution in [3.8, 4) is 5.75 Å². The van der Waals surface area contributed by atoms with Gasteiger partial charge in [0.05, 0.1) is 11.6 Å². The number of methoxy groups -OCH3 is 1. The zero-order valence-corrected chi connectivity index (χ0v) is 12.9. The maximum atomic E-state index is 5.24. The first kappa shape index (κ1) is 14.1. The summed E-state index contributed by atoms with van der Waals surface area (Å²) in [5.41, 5.74) is 2.64. The van der Waals surface area contributed by atoms with Crippen molar-refractivity contribution in [2.45, 2.75) is 19.5 Å². The van der Waals surface area contributed by atoms with Gasteiger partial charge >= 0.3 is 0 Å². The third kappa shape index (κ3) is 3.82. The highest BCUT2D eigenvalue weighted by Crippen LogP contribution is 2.25. The molecule has 0 bridgehead atoms. The van der Waals surface area contributed by atoms with Crippen molar-refractivity contribution in [1.82, 2.24) is 0 Å². The monoisotopic (exact) mass is 320 g/mol. The first-order valence-electron chi connectivity index (χ1n) is 6.41. The number of rotatable bonds is 5. The molecule has 2 aromatic rings. The van der Waals surface area contributed by atoms with Crippen LogP contribution < -0.4 is 10.1 Å². The summed E-state index contributed by atoms with van der Waals surface area (Å²) in [5.74, 6) is 0.875. The van der Waals surface area contributed by atoms with E-state index in [2.05, 4.69) is 70.6 Å². The summed E-state index contributed by atoms with van der Waals surface area (Å²) in [6.07, 6.45) is 0. The number of quaternary nitrogens is 1. The van der Waals surface area contributed by atoms with Crippen LogP contribution in [-0.2, 0) is 6.54 Å². The molecule has 0 aliphatic rings. The fraction of sp³-hybridized carbons (Fsp3) is 0.250. The van der Waals surface area contributed by atoms with Gasteiger partial charge in [-0.1, -0.05) is 30.3 Å². The number of hydrogen-bond donors (Lipinski definition) is 1. The molecule has 0 fully saturated rings. The van der Waals surface area contributed by atoms with E-state index in [1.54, 1.807) is 7.11 Å². The molecule has 0 saturated heterocycles. The van der Waals surface area contributed by atoms with Crippen LogP contribution in [-0.4, -0.2) is 7.11 Å². The molecular formula is C16H19BrNO+. The van der Waals surface area contributed by atoms with Gasteiger partial charge in [0.15, 0.2) is 0 Å². The van der Waals surface area contributed by atoms with Crippen molar-refractivity contribution in [2.24, 2.45) is 0 Å². The van der Waals surface area contributed by atoms with Crippen LogP contribution >= 0.6 is 15.9 Å². The minimum absolute atomic E-state index is 0.460. The first-order chi connectivity index (χ1) is 9.20. The van der Waals surface area contributed by atoms with Gasteiger partial charge < -0.3 is 10.1 Å². The summed E-state index contributed by atoms with van der Waals surface area (Å²) >= 11 is 3.52. The van der Waals surface area contributed by atoms with Crippen LogP contribution in [0, 0.1) is 0 Å². The van der Waals surface area contributed by atoms with Crippen molar-refractivity contribution in [1.29, 1.82) is 0 Å². The van der Waals surface area contributed by atoms with Crippen molar-refractivity contribution in [3.05, 3.63) is 64.1 Å². The molecule has 2 nitrogen and oxygen atoms in total. The second-order valence-electron chi connectivity index (χ2n) is 4.61. The molecule has 0 radical (unpaired) electrons. The second-order valence-corrected chi connectivity index (χ2v) is 5.46. The van der Waals surface area contributed by atoms with E-state index in [1.807, 2.05) is 6.07 Å². The van der Waals surface area contributed by atoms with Crippen LogP contribution in [0.4, 0.5) is 0 Å². The Morgan fingerprint density at radius 1 is 1.16 bits per heavy atom. The molecule has 0 heterocycles. The molecule has 1 atom stereocenters. The predicted molar refractivity (Wildman–Crippen MR) is 81.2 cm³/mol. The van der Waals surface area contributed by atoms with Gasteiger partial charge in [-0.2, -0.15) is 0 Å². The molecule has 0 aliphatic carbocycles.